The number of hydrogen-bond donors (Lipinski definition) is 2. The van der Waals surface area contributed by atoms with Crippen molar-refractivity contribution in [2.45, 2.75) is 45.6 Å². The van der Waals surface area contributed by atoms with Gasteiger partial charge in [0, 0.05) is 30.2 Å². The molecule has 0 radical (unpaired) electrons. The first kappa shape index (κ1) is 21.8. The van der Waals surface area contributed by atoms with E-state index < -0.39 is 0 Å². The summed E-state index contributed by atoms with van der Waals surface area (Å²) in [6.07, 6.45) is 0. The molecule has 0 aliphatic carbocycles. The molecule has 2 aromatic rings. The molecule has 1 atom stereocenters. The maximum atomic E-state index is 12.9. The lowest BCUT2D eigenvalue weighted by Crippen LogP contribution is -2.44. The number of nitrogens with one attached hydrogen (secondary N) is 2. The predicted molar refractivity (Wildman–Crippen MR) is 121 cm³/mol. The molecule has 1 fully saturated rings. The van der Waals surface area contributed by atoms with E-state index in [1.165, 1.54) is 16.0 Å². The summed E-state index contributed by atoms with van der Waals surface area (Å²) < 4.78 is 5.50. The molecule has 0 bridgehead atoms. The second kappa shape index (κ2) is 10.2. The van der Waals surface area contributed by atoms with Crippen LogP contribution in [0.4, 0.5) is 10.5 Å². The Balaban J connectivity index is 1.71. The second-order valence-corrected chi connectivity index (χ2v) is 9.11. The van der Waals surface area contributed by atoms with Crippen LogP contribution in [-0.4, -0.2) is 43.8 Å². The molecule has 2 N–H and O–H groups in total. The van der Waals surface area contributed by atoms with Crippen LogP contribution in [0.5, 0.6) is 0 Å². The molecule has 1 unspecified atom stereocenters. The minimum atomic E-state index is -0.144. The molecule has 2 heterocycles. The summed E-state index contributed by atoms with van der Waals surface area (Å²) >= 11 is 1.74. The highest BCUT2D eigenvalue weighted by atomic mass is 32.1. The van der Waals surface area contributed by atoms with E-state index in [4.69, 9.17) is 4.74 Å². The Morgan fingerprint density at radius 3 is 2.28 bits per heavy atom. The Bertz CT molecular complexity index is 757. The third kappa shape index (κ3) is 5.59. The minimum absolute atomic E-state index is 0.144. The average molecular weight is 416 g/mol. The van der Waals surface area contributed by atoms with Gasteiger partial charge >= 0.3 is 6.03 Å². The number of carbonyl (C=O) groups is 1. The molecule has 1 aromatic carbocycles. The molecule has 3 rings (SSSR count). The number of hydrogen-bond acceptors (Lipinski definition) is 4. The summed E-state index contributed by atoms with van der Waals surface area (Å²) in [5, 5.41) is 8.37. The number of amides is 2. The number of urea groups is 1. The number of carbonyl (C=O) groups excluding carboxylic acids is 1. The molecular weight excluding hydrogens is 382 g/mol. The van der Waals surface area contributed by atoms with E-state index in [0.717, 1.165) is 32.0 Å². The van der Waals surface area contributed by atoms with Crippen LogP contribution in [0.3, 0.4) is 0 Å². The number of rotatable bonds is 7. The van der Waals surface area contributed by atoms with Gasteiger partial charge in [0.05, 0.1) is 19.3 Å². The molecule has 0 saturated carbocycles. The first-order valence-electron chi connectivity index (χ1n) is 10.5. The van der Waals surface area contributed by atoms with Crippen LogP contribution < -0.4 is 10.6 Å². The summed E-state index contributed by atoms with van der Waals surface area (Å²) in [7, 11) is 0. The van der Waals surface area contributed by atoms with E-state index in [1.807, 2.05) is 0 Å². The van der Waals surface area contributed by atoms with E-state index >= 15 is 0 Å². The highest BCUT2D eigenvalue weighted by Crippen LogP contribution is 2.32. The zero-order chi connectivity index (χ0) is 20.8. The summed E-state index contributed by atoms with van der Waals surface area (Å²) in [4.78, 5) is 16.5. The fourth-order valence-electron chi connectivity index (χ4n) is 3.82. The smallest absolute Gasteiger partial charge is 0.319 e. The Morgan fingerprint density at radius 1 is 1.07 bits per heavy atom. The zero-order valence-electron chi connectivity index (χ0n) is 17.9. The van der Waals surface area contributed by atoms with E-state index in [-0.39, 0.29) is 12.1 Å². The Labute approximate surface area is 178 Å². The van der Waals surface area contributed by atoms with Gasteiger partial charge < -0.3 is 15.4 Å². The largest absolute Gasteiger partial charge is 0.379 e. The number of anilines is 1. The van der Waals surface area contributed by atoms with E-state index in [0.29, 0.717) is 18.4 Å². The Morgan fingerprint density at radius 2 is 1.72 bits per heavy atom. The van der Waals surface area contributed by atoms with Gasteiger partial charge in [-0.25, -0.2) is 4.79 Å². The molecule has 6 heteroatoms. The summed E-state index contributed by atoms with van der Waals surface area (Å²) in [6.45, 7) is 12.5. The van der Waals surface area contributed by atoms with Crippen LogP contribution >= 0.6 is 11.3 Å². The highest BCUT2D eigenvalue weighted by Gasteiger charge is 2.24. The molecule has 1 aromatic heterocycles. The van der Waals surface area contributed by atoms with E-state index in [1.54, 1.807) is 11.3 Å². The van der Waals surface area contributed by atoms with Crippen molar-refractivity contribution in [1.82, 2.24) is 10.2 Å². The van der Waals surface area contributed by atoms with Crippen molar-refractivity contribution in [3.05, 3.63) is 51.7 Å². The van der Waals surface area contributed by atoms with Gasteiger partial charge in [0.1, 0.15) is 0 Å². The second-order valence-electron chi connectivity index (χ2n) is 8.14. The van der Waals surface area contributed by atoms with Gasteiger partial charge in [0.25, 0.3) is 0 Å². The van der Waals surface area contributed by atoms with Crippen molar-refractivity contribution in [2.75, 3.05) is 38.2 Å². The van der Waals surface area contributed by atoms with Crippen molar-refractivity contribution in [2.24, 2.45) is 0 Å². The Kier molecular flexibility index (Phi) is 7.70. The molecule has 29 heavy (non-hydrogen) atoms. The van der Waals surface area contributed by atoms with Crippen molar-refractivity contribution in [3.8, 4) is 0 Å². The van der Waals surface area contributed by atoms with Gasteiger partial charge in [0.2, 0.25) is 0 Å². The number of para-hydroxylation sites is 1. The van der Waals surface area contributed by atoms with Gasteiger partial charge in [-0.15, -0.1) is 11.3 Å². The third-order valence-corrected chi connectivity index (χ3v) is 6.40. The molecular formula is C23H33N3O2S. The number of nitrogens with zero attached hydrogens (tertiary/aromatic N) is 1. The minimum Gasteiger partial charge on any atom is -0.379 e. The van der Waals surface area contributed by atoms with Gasteiger partial charge in [-0.2, -0.15) is 0 Å². The van der Waals surface area contributed by atoms with Crippen LogP contribution in [-0.2, 0) is 4.74 Å². The number of thiophene rings is 1. The number of benzene rings is 1. The third-order valence-electron chi connectivity index (χ3n) is 5.43. The van der Waals surface area contributed by atoms with Crippen molar-refractivity contribution in [3.63, 3.8) is 0 Å². The van der Waals surface area contributed by atoms with Crippen LogP contribution in [0.15, 0.2) is 35.7 Å². The van der Waals surface area contributed by atoms with E-state index in [2.05, 4.69) is 78.9 Å². The van der Waals surface area contributed by atoms with Crippen LogP contribution in [0.25, 0.3) is 0 Å². The summed E-state index contributed by atoms with van der Waals surface area (Å²) in [6, 6.07) is 10.5. The topological polar surface area (TPSA) is 53.6 Å². The average Bonchev–Trinajstić information content (AvgIpc) is 3.23. The van der Waals surface area contributed by atoms with Crippen LogP contribution in [0.1, 0.15) is 61.6 Å². The molecule has 1 saturated heterocycles. The summed E-state index contributed by atoms with van der Waals surface area (Å²) in [5.41, 5.74) is 3.30. The lowest BCUT2D eigenvalue weighted by atomic mass is 9.93. The van der Waals surface area contributed by atoms with E-state index in [9.17, 15) is 4.79 Å². The molecule has 0 spiro atoms. The number of morpholine rings is 1. The highest BCUT2D eigenvalue weighted by molar-refractivity contribution is 7.10. The molecule has 5 nitrogen and oxygen atoms in total. The molecule has 1 aliphatic heterocycles. The Hall–Kier alpha value is -1.89. The number of ether oxygens (including phenoxy) is 1. The molecule has 1 aliphatic rings. The van der Waals surface area contributed by atoms with Crippen molar-refractivity contribution in [1.29, 1.82) is 0 Å². The van der Waals surface area contributed by atoms with Crippen molar-refractivity contribution < 1.29 is 9.53 Å². The van der Waals surface area contributed by atoms with Gasteiger partial charge in [-0.05, 0) is 34.4 Å². The lowest BCUT2D eigenvalue weighted by molar-refractivity contribution is 0.0175. The maximum Gasteiger partial charge on any atom is 0.319 e. The maximum absolute atomic E-state index is 12.9. The lowest BCUT2D eigenvalue weighted by Gasteiger charge is -2.34. The van der Waals surface area contributed by atoms with Gasteiger partial charge in [-0.3, -0.25) is 4.90 Å². The predicted octanol–water partition coefficient (Wildman–Crippen LogP) is 5.19. The molecule has 2 amide bonds. The zero-order valence-corrected chi connectivity index (χ0v) is 18.7. The van der Waals surface area contributed by atoms with Gasteiger partial charge in [0.15, 0.2) is 0 Å². The fourth-order valence-corrected chi connectivity index (χ4v) is 4.68. The standard InChI is InChI=1S/C23H33N3O2S/c1-16(2)18-7-5-8-19(17(3)4)22(18)25-23(27)24-15-20(21-9-6-14-29-21)26-10-12-28-13-11-26/h5-9,14,16-17,20H,10-13,15H2,1-4H3,(H2,24,25,27). The summed E-state index contributed by atoms with van der Waals surface area (Å²) in [5.74, 6) is 0.687. The van der Waals surface area contributed by atoms with Crippen LogP contribution in [0, 0.1) is 0 Å². The van der Waals surface area contributed by atoms with Crippen LogP contribution in [0.2, 0.25) is 0 Å². The fraction of sp³-hybridized carbons (Fsp3) is 0.522. The first-order chi connectivity index (χ1) is 14.0. The molecule has 158 valence electrons. The van der Waals surface area contributed by atoms with Gasteiger partial charge in [-0.1, -0.05) is 52.0 Å². The quantitative estimate of drug-likeness (QED) is 0.654. The monoisotopic (exact) mass is 415 g/mol. The first-order valence-corrected chi connectivity index (χ1v) is 11.4. The normalized spacial score (nSPS) is 16.2. The van der Waals surface area contributed by atoms with Crippen molar-refractivity contribution >= 4 is 23.1 Å². The SMILES string of the molecule is CC(C)c1cccc(C(C)C)c1NC(=O)NCC(c1cccs1)N1CCOCC1.